The van der Waals surface area contributed by atoms with Crippen molar-refractivity contribution in [3.05, 3.63) is 33.8 Å². The Bertz CT molecular complexity index is 495. The Morgan fingerprint density at radius 2 is 1.85 bits per heavy atom. The summed E-state index contributed by atoms with van der Waals surface area (Å²) in [6, 6.07) is 2.15. The van der Waals surface area contributed by atoms with Gasteiger partial charge in [0.1, 0.15) is 17.2 Å². The average Bonchev–Trinajstić information content (AvgIpc) is 2.84. The molecule has 1 amide bonds. The van der Waals surface area contributed by atoms with Crippen LogP contribution in [0.3, 0.4) is 0 Å². The van der Waals surface area contributed by atoms with Gasteiger partial charge in [-0.05, 0) is 25.0 Å². The third-order valence-corrected chi connectivity index (χ3v) is 4.83. The van der Waals surface area contributed by atoms with Crippen LogP contribution in [0.4, 0.5) is 8.78 Å². The Hall–Kier alpha value is -0.680. The van der Waals surface area contributed by atoms with E-state index in [4.69, 9.17) is 11.6 Å². The molecule has 1 aliphatic carbocycles. The zero-order valence-corrected chi connectivity index (χ0v) is 13.2. The van der Waals surface area contributed by atoms with Gasteiger partial charge in [0.05, 0.1) is 0 Å². The number of amides is 1. The number of nitrogens with one attached hydrogen (secondary N) is 1. The Labute approximate surface area is 130 Å². The largest absolute Gasteiger partial charge is 0.351 e. The molecule has 0 aromatic heterocycles. The van der Waals surface area contributed by atoms with E-state index in [2.05, 4.69) is 21.2 Å². The highest BCUT2D eigenvalue weighted by atomic mass is 79.9. The van der Waals surface area contributed by atoms with Crippen LogP contribution in [0, 0.1) is 17.0 Å². The fourth-order valence-electron chi connectivity index (χ4n) is 2.60. The van der Waals surface area contributed by atoms with Crippen molar-refractivity contribution in [1.29, 1.82) is 0 Å². The third kappa shape index (κ3) is 3.31. The summed E-state index contributed by atoms with van der Waals surface area (Å²) in [6.07, 6.45) is 4.01. The van der Waals surface area contributed by atoms with E-state index in [1.54, 1.807) is 0 Å². The van der Waals surface area contributed by atoms with Crippen LogP contribution in [0.1, 0.15) is 36.0 Å². The van der Waals surface area contributed by atoms with Gasteiger partial charge < -0.3 is 5.32 Å². The average molecular weight is 367 g/mol. The summed E-state index contributed by atoms with van der Waals surface area (Å²) in [5.41, 5.74) is -0.685. The number of benzene rings is 1. The summed E-state index contributed by atoms with van der Waals surface area (Å²) >= 11 is 8.95. The minimum atomic E-state index is -0.874. The lowest BCUT2D eigenvalue weighted by atomic mass is 9.88. The maximum atomic E-state index is 13.7. The van der Waals surface area contributed by atoms with Crippen LogP contribution in [0.2, 0.25) is 0 Å². The van der Waals surface area contributed by atoms with Gasteiger partial charge in [0, 0.05) is 22.3 Å². The lowest BCUT2D eigenvalue weighted by molar-refractivity contribution is 0.0926. The molecular formula is C14H15BrClF2NO. The van der Waals surface area contributed by atoms with Crippen LogP contribution in [-0.4, -0.2) is 18.3 Å². The molecule has 0 saturated heterocycles. The monoisotopic (exact) mass is 365 g/mol. The number of rotatable bonds is 4. The molecule has 0 atom stereocenters. The molecule has 1 aromatic carbocycles. The van der Waals surface area contributed by atoms with Gasteiger partial charge in [0.25, 0.3) is 5.91 Å². The molecular weight excluding hydrogens is 352 g/mol. The first-order valence-corrected chi connectivity index (χ1v) is 7.79. The van der Waals surface area contributed by atoms with E-state index >= 15 is 0 Å². The molecule has 1 aliphatic rings. The van der Waals surface area contributed by atoms with Gasteiger partial charge in [-0.15, -0.1) is 11.6 Å². The van der Waals surface area contributed by atoms with Gasteiger partial charge >= 0.3 is 0 Å². The Morgan fingerprint density at radius 1 is 1.30 bits per heavy atom. The van der Waals surface area contributed by atoms with E-state index < -0.39 is 23.1 Å². The molecule has 0 spiro atoms. The normalized spacial score (nSPS) is 17.2. The second-order valence-corrected chi connectivity index (χ2v) is 6.45. The third-order valence-electron chi connectivity index (χ3n) is 3.81. The molecule has 0 heterocycles. The fourth-order valence-corrected chi connectivity index (χ4v) is 3.36. The number of halogens is 4. The lowest BCUT2D eigenvalue weighted by Gasteiger charge is -2.26. The zero-order chi connectivity index (χ0) is 14.8. The molecule has 0 unspecified atom stereocenters. The molecule has 2 rings (SSSR count). The van der Waals surface area contributed by atoms with E-state index in [1.165, 1.54) is 0 Å². The first-order chi connectivity index (χ1) is 9.47. The van der Waals surface area contributed by atoms with Gasteiger partial charge in [0.2, 0.25) is 0 Å². The summed E-state index contributed by atoms with van der Waals surface area (Å²) in [6.45, 7) is 0.351. The molecule has 1 aromatic rings. The zero-order valence-electron chi connectivity index (χ0n) is 10.8. The molecule has 1 saturated carbocycles. The summed E-state index contributed by atoms with van der Waals surface area (Å²) in [4.78, 5) is 12.0. The first-order valence-electron chi connectivity index (χ1n) is 6.46. The van der Waals surface area contributed by atoms with Crippen molar-refractivity contribution < 1.29 is 13.6 Å². The minimum Gasteiger partial charge on any atom is -0.351 e. The smallest absolute Gasteiger partial charge is 0.257 e. The molecule has 0 aliphatic heterocycles. The number of hydrogen-bond donors (Lipinski definition) is 1. The van der Waals surface area contributed by atoms with Crippen molar-refractivity contribution in [2.24, 2.45) is 5.41 Å². The number of alkyl halides is 1. The van der Waals surface area contributed by atoms with Crippen LogP contribution in [0.25, 0.3) is 0 Å². The summed E-state index contributed by atoms with van der Waals surface area (Å²) in [5.74, 6) is -2.04. The van der Waals surface area contributed by atoms with Crippen molar-refractivity contribution in [3.63, 3.8) is 0 Å². The fraction of sp³-hybridized carbons (Fsp3) is 0.500. The van der Waals surface area contributed by atoms with Crippen molar-refractivity contribution in [2.75, 3.05) is 12.4 Å². The highest BCUT2D eigenvalue weighted by molar-refractivity contribution is 9.10. The lowest BCUT2D eigenvalue weighted by Crippen LogP contribution is -2.37. The van der Waals surface area contributed by atoms with Gasteiger partial charge in [-0.1, -0.05) is 28.8 Å². The summed E-state index contributed by atoms with van der Waals surface area (Å²) < 4.78 is 27.6. The van der Waals surface area contributed by atoms with Gasteiger partial charge in [-0.3, -0.25) is 4.79 Å². The Morgan fingerprint density at radius 3 is 2.35 bits per heavy atom. The second kappa shape index (κ2) is 6.39. The predicted octanol–water partition coefficient (Wildman–Crippen LogP) is 4.26. The highest BCUT2D eigenvalue weighted by Crippen LogP contribution is 2.38. The molecule has 6 heteroatoms. The van der Waals surface area contributed by atoms with Crippen molar-refractivity contribution in [1.82, 2.24) is 5.32 Å². The molecule has 20 heavy (non-hydrogen) atoms. The van der Waals surface area contributed by atoms with Crippen molar-refractivity contribution >= 4 is 33.4 Å². The van der Waals surface area contributed by atoms with Crippen molar-refractivity contribution in [2.45, 2.75) is 25.7 Å². The summed E-state index contributed by atoms with van der Waals surface area (Å²) in [7, 11) is 0. The van der Waals surface area contributed by atoms with E-state index in [9.17, 15) is 13.6 Å². The minimum absolute atomic E-state index is 0.139. The molecule has 0 bridgehead atoms. The first kappa shape index (κ1) is 15.7. The van der Waals surface area contributed by atoms with E-state index in [0.29, 0.717) is 12.4 Å². The van der Waals surface area contributed by atoms with Crippen molar-refractivity contribution in [3.8, 4) is 0 Å². The van der Waals surface area contributed by atoms with E-state index in [-0.39, 0.29) is 9.89 Å². The van der Waals surface area contributed by atoms with Gasteiger partial charge in [-0.25, -0.2) is 8.78 Å². The van der Waals surface area contributed by atoms with Crippen LogP contribution >= 0.6 is 27.5 Å². The second-order valence-electron chi connectivity index (χ2n) is 5.27. The number of carbonyl (C=O) groups excluding carboxylic acids is 1. The SMILES string of the molecule is O=C(NCC1(CCl)CCCC1)c1c(F)cc(Br)cc1F. The van der Waals surface area contributed by atoms with Crippen LogP contribution in [0.15, 0.2) is 16.6 Å². The topological polar surface area (TPSA) is 29.1 Å². The van der Waals surface area contributed by atoms with Crippen LogP contribution in [0.5, 0.6) is 0 Å². The van der Waals surface area contributed by atoms with E-state index in [1.807, 2.05) is 0 Å². The Kier molecular flexibility index (Phi) is 5.02. The quantitative estimate of drug-likeness (QED) is 0.793. The maximum absolute atomic E-state index is 13.7. The highest BCUT2D eigenvalue weighted by Gasteiger charge is 2.33. The van der Waals surface area contributed by atoms with E-state index in [0.717, 1.165) is 37.8 Å². The molecule has 1 N–H and O–H groups in total. The Balaban J connectivity index is 2.09. The van der Waals surface area contributed by atoms with Gasteiger partial charge in [-0.2, -0.15) is 0 Å². The maximum Gasteiger partial charge on any atom is 0.257 e. The van der Waals surface area contributed by atoms with Crippen LogP contribution in [-0.2, 0) is 0 Å². The van der Waals surface area contributed by atoms with Crippen LogP contribution < -0.4 is 5.32 Å². The molecule has 110 valence electrons. The van der Waals surface area contributed by atoms with Gasteiger partial charge in [0.15, 0.2) is 0 Å². The summed E-state index contributed by atoms with van der Waals surface area (Å²) in [5, 5.41) is 2.62. The number of carbonyl (C=O) groups is 1. The molecule has 1 fully saturated rings. The molecule has 2 nitrogen and oxygen atoms in total. The standard InChI is InChI=1S/C14H15BrClF2NO/c15-9-5-10(17)12(11(18)6-9)13(20)19-8-14(7-16)3-1-2-4-14/h5-6H,1-4,7-8H2,(H,19,20). The number of hydrogen-bond acceptors (Lipinski definition) is 1. The predicted molar refractivity (Wildman–Crippen MR) is 78.0 cm³/mol. The molecule has 0 radical (unpaired) electrons.